The molecule has 0 saturated carbocycles. The largest absolute Gasteiger partial charge is 0.466 e. The molecule has 1 unspecified atom stereocenters. The zero-order valence-electron chi connectivity index (χ0n) is 36.4. The summed E-state index contributed by atoms with van der Waals surface area (Å²) in [6.07, 6.45) is 31.7. The molecule has 0 fully saturated rings. The molecule has 0 rings (SSSR count). The lowest BCUT2D eigenvalue weighted by Gasteiger charge is -2.25. The Morgan fingerprint density at radius 2 is 0.981 bits per heavy atom. The molecule has 314 valence electrons. The van der Waals surface area contributed by atoms with Crippen LogP contribution in [0.5, 0.6) is 0 Å². The fourth-order valence-corrected chi connectivity index (χ4v) is 7.09. The lowest BCUT2D eigenvalue weighted by molar-refractivity contribution is -0.150. The summed E-state index contributed by atoms with van der Waals surface area (Å²) >= 11 is 0. The van der Waals surface area contributed by atoms with Crippen LogP contribution in [0, 0.1) is 11.3 Å². The van der Waals surface area contributed by atoms with E-state index in [9.17, 15) is 14.4 Å². The Hall–Kier alpha value is -1.63. The Morgan fingerprint density at radius 1 is 0.509 bits per heavy atom. The van der Waals surface area contributed by atoms with E-state index in [0.717, 1.165) is 102 Å². The number of unbranched alkanes of at least 4 members (excludes halogenated alkanes) is 14. The molecular formula is C46H89NO6. The third-order valence-corrected chi connectivity index (χ3v) is 10.6. The molecule has 7 nitrogen and oxygen atoms in total. The highest BCUT2D eigenvalue weighted by atomic mass is 16.5. The number of carbonyl (C=O) groups is 3. The normalized spacial score (nSPS) is 12.4. The first-order valence-corrected chi connectivity index (χ1v) is 22.7. The molecule has 0 heterocycles. The van der Waals surface area contributed by atoms with E-state index in [4.69, 9.17) is 14.2 Å². The number of nitrogens with zero attached hydrogens (tertiary/aromatic N) is 1. The van der Waals surface area contributed by atoms with Crippen LogP contribution < -0.4 is 0 Å². The zero-order valence-corrected chi connectivity index (χ0v) is 36.4. The smallest absolute Gasteiger partial charge is 0.306 e. The minimum absolute atomic E-state index is 0.0550. The molecule has 0 spiro atoms. The van der Waals surface area contributed by atoms with Gasteiger partial charge in [-0.1, -0.05) is 144 Å². The average Bonchev–Trinajstić information content (AvgIpc) is 3.11. The van der Waals surface area contributed by atoms with Crippen molar-refractivity contribution in [1.82, 2.24) is 4.90 Å². The van der Waals surface area contributed by atoms with Crippen LogP contribution in [0.4, 0.5) is 0 Å². The van der Waals surface area contributed by atoms with Crippen LogP contribution in [-0.4, -0.2) is 62.8 Å². The van der Waals surface area contributed by atoms with Crippen molar-refractivity contribution >= 4 is 17.9 Å². The van der Waals surface area contributed by atoms with Crippen LogP contribution in [0.25, 0.3) is 0 Å². The van der Waals surface area contributed by atoms with Crippen molar-refractivity contribution in [2.24, 2.45) is 11.3 Å². The number of rotatable bonds is 39. The van der Waals surface area contributed by atoms with Crippen molar-refractivity contribution < 1.29 is 28.6 Å². The van der Waals surface area contributed by atoms with Crippen molar-refractivity contribution in [2.45, 2.75) is 233 Å². The van der Waals surface area contributed by atoms with Gasteiger partial charge in [0.1, 0.15) is 6.10 Å². The maximum Gasteiger partial charge on any atom is 0.306 e. The van der Waals surface area contributed by atoms with Crippen LogP contribution in [0.1, 0.15) is 227 Å². The van der Waals surface area contributed by atoms with E-state index < -0.39 is 0 Å². The van der Waals surface area contributed by atoms with E-state index in [1.54, 1.807) is 0 Å². The van der Waals surface area contributed by atoms with Gasteiger partial charge in [-0.3, -0.25) is 14.4 Å². The summed E-state index contributed by atoms with van der Waals surface area (Å²) in [5.41, 5.74) is -0.0771. The van der Waals surface area contributed by atoms with Crippen LogP contribution in [0.15, 0.2) is 0 Å². The Balaban J connectivity index is 4.47. The molecule has 0 aliphatic rings. The van der Waals surface area contributed by atoms with Gasteiger partial charge in [-0.2, -0.15) is 0 Å². The lowest BCUT2D eigenvalue weighted by atomic mass is 9.87. The van der Waals surface area contributed by atoms with E-state index in [0.29, 0.717) is 32.5 Å². The van der Waals surface area contributed by atoms with Gasteiger partial charge in [0, 0.05) is 19.3 Å². The highest BCUT2D eigenvalue weighted by Crippen LogP contribution is 2.27. The summed E-state index contributed by atoms with van der Waals surface area (Å²) in [5.74, 6) is 0.526. The first-order valence-electron chi connectivity index (χ1n) is 22.7. The van der Waals surface area contributed by atoms with Crippen molar-refractivity contribution in [1.29, 1.82) is 0 Å². The molecule has 0 aliphatic carbocycles. The first-order chi connectivity index (χ1) is 25.5. The summed E-state index contributed by atoms with van der Waals surface area (Å²) in [5, 5.41) is 0. The van der Waals surface area contributed by atoms with Crippen molar-refractivity contribution in [3.63, 3.8) is 0 Å². The predicted molar refractivity (Wildman–Crippen MR) is 223 cm³/mol. The van der Waals surface area contributed by atoms with Crippen LogP contribution in [0.3, 0.4) is 0 Å². The second-order valence-electron chi connectivity index (χ2n) is 17.1. The second kappa shape index (κ2) is 36.0. The monoisotopic (exact) mass is 752 g/mol. The first kappa shape index (κ1) is 51.4. The van der Waals surface area contributed by atoms with Gasteiger partial charge in [-0.15, -0.1) is 0 Å². The second-order valence-corrected chi connectivity index (χ2v) is 17.1. The van der Waals surface area contributed by atoms with Gasteiger partial charge >= 0.3 is 17.9 Å². The average molecular weight is 752 g/mol. The summed E-state index contributed by atoms with van der Waals surface area (Å²) in [4.78, 5) is 39.5. The molecule has 0 N–H and O–H groups in total. The number of carbonyl (C=O) groups excluding carboxylic acids is 3. The Kier molecular flexibility index (Phi) is 34.9. The molecule has 0 amide bonds. The molecule has 0 aromatic heterocycles. The molecule has 53 heavy (non-hydrogen) atoms. The quantitative estimate of drug-likeness (QED) is 0.0351. The van der Waals surface area contributed by atoms with E-state index in [1.807, 2.05) is 14.1 Å². The topological polar surface area (TPSA) is 82.1 Å². The Bertz CT molecular complexity index is 849. The van der Waals surface area contributed by atoms with Crippen molar-refractivity contribution in [2.75, 3.05) is 33.9 Å². The Morgan fingerprint density at radius 3 is 1.62 bits per heavy atom. The van der Waals surface area contributed by atoms with Crippen LogP contribution in [0.2, 0.25) is 0 Å². The van der Waals surface area contributed by atoms with Gasteiger partial charge in [0.25, 0.3) is 0 Å². The third kappa shape index (κ3) is 35.8. The van der Waals surface area contributed by atoms with E-state index in [1.165, 1.54) is 83.5 Å². The molecule has 0 radical (unpaired) electrons. The predicted octanol–water partition coefficient (Wildman–Crippen LogP) is 13.0. The molecule has 7 heteroatoms. The summed E-state index contributed by atoms with van der Waals surface area (Å²) < 4.78 is 17.2. The number of hydrogen-bond acceptors (Lipinski definition) is 7. The van der Waals surface area contributed by atoms with Crippen molar-refractivity contribution in [3.8, 4) is 0 Å². The van der Waals surface area contributed by atoms with Gasteiger partial charge < -0.3 is 19.1 Å². The Labute approximate surface area is 329 Å². The molecule has 0 aromatic carbocycles. The lowest BCUT2D eigenvalue weighted by Crippen LogP contribution is -2.23. The maximum absolute atomic E-state index is 12.7. The number of hydrogen-bond donors (Lipinski definition) is 0. The van der Waals surface area contributed by atoms with E-state index in [-0.39, 0.29) is 29.4 Å². The SMILES string of the molecule is CCCCCCCCCOC(=O)CCCCCCC(CCCCC(C)(C)COC(=O)CCCC(CCCCC)CCCCC)OC(=O)CCCN(C)C. The summed E-state index contributed by atoms with van der Waals surface area (Å²) in [6.45, 7) is 13.0. The fraction of sp³-hybridized carbons (Fsp3) is 0.935. The number of esters is 3. The zero-order chi connectivity index (χ0) is 39.4. The molecular weight excluding hydrogens is 663 g/mol. The van der Waals surface area contributed by atoms with Gasteiger partial charge in [0.15, 0.2) is 0 Å². The van der Waals surface area contributed by atoms with Crippen molar-refractivity contribution in [3.05, 3.63) is 0 Å². The molecule has 1 atom stereocenters. The highest BCUT2D eigenvalue weighted by Gasteiger charge is 2.21. The van der Waals surface area contributed by atoms with E-state index in [2.05, 4.69) is 39.5 Å². The van der Waals surface area contributed by atoms with Gasteiger partial charge in [-0.05, 0) is 96.2 Å². The van der Waals surface area contributed by atoms with Crippen LogP contribution in [-0.2, 0) is 28.6 Å². The summed E-state index contributed by atoms with van der Waals surface area (Å²) in [6, 6.07) is 0. The molecule has 0 bridgehead atoms. The van der Waals surface area contributed by atoms with Gasteiger partial charge in [0.05, 0.1) is 13.2 Å². The number of ether oxygens (including phenoxy) is 3. The van der Waals surface area contributed by atoms with Crippen LogP contribution >= 0.6 is 0 Å². The van der Waals surface area contributed by atoms with Gasteiger partial charge in [0.2, 0.25) is 0 Å². The third-order valence-electron chi connectivity index (χ3n) is 10.6. The fourth-order valence-electron chi connectivity index (χ4n) is 7.09. The summed E-state index contributed by atoms with van der Waals surface area (Å²) in [7, 11) is 4.04. The van der Waals surface area contributed by atoms with Gasteiger partial charge in [-0.25, -0.2) is 0 Å². The molecule has 0 aliphatic heterocycles. The maximum atomic E-state index is 12.7. The highest BCUT2D eigenvalue weighted by molar-refractivity contribution is 5.70. The molecule has 0 aromatic rings. The minimum Gasteiger partial charge on any atom is -0.466 e. The van der Waals surface area contributed by atoms with E-state index >= 15 is 0 Å². The standard InChI is InChI=1S/C46H89NO6/c1-8-11-14-15-16-19-26-39-51-43(48)34-23-18-17-22-32-42(53-45(50)36-28-38-47(6)7)33-24-25-37-46(4,5)40-52-44(49)35-27-31-41(29-20-12-9-2)30-21-13-10-3/h41-42H,8-40H2,1-7H3. The molecule has 0 saturated heterocycles. The minimum atomic E-state index is -0.0963.